The Morgan fingerprint density at radius 1 is 0.759 bits per heavy atom. The number of rotatable bonds is 15. The minimum absolute atomic E-state index is 0.0534. The number of aliphatic carboxylic acids is 1. The lowest BCUT2D eigenvalue weighted by atomic mass is 9.77. The monoisotopic (exact) mass is 809 g/mol. The molecule has 0 aliphatic carbocycles. The molecule has 0 unspecified atom stereocenters. The number of benzene rings is 4. The van der Waals surface area contributed by atoms with Gasteiger partial charge in [0.05, 0.1) is 5.56 Å². The van der Waals surface area contributed by atoms with E-state index in [1.54, 1.807) is 24.3 Å². The molecular weight excluding hydrogens is 759 g/mol. The van der Waals surface area contributed by atoms with Crippen molar-refractivity contribution in [3.05, 3.63) is 119 Å². The summed E-state index contributed by atoms with van der Waals surface area (Å²) in [7, 11) is 7.96. The van der Waals surface area contributed by atoms with Crippen molar-refractivity contribution < 1.29 is 38.6 Å². The van der Waals surface area contributed by atoms with Crippen LogP contribution in [-0.4, -0.2) is 87.3 Å². The van der Waals surface area contributed by atoms with Gasteiger partial charge in [0.1, 0.15) is 23.6 Å². The van der Waals surface area contributed by atoms with Crippen LogP contribution in [0.2, 0.25) is 0 Å². The van der Waals surface area contributed by atoms with Crippen LogP contribution in [0.15, 0.2) is 91.0 Å². The van der Waals surface area contributed by atoms with Crippen LogP contribution in [0.3, 0.4) is 0 Å². The van der Waals surface area contributed by atoms with Crippen LogP contribution in [0.4, 0.5) is 11.4 Å². The first-order valence-electron chi connectivity index (χ1n) is 19.1. The van der Waals surface area contributed by atoms with Crippen molar-refractivity contribution in [1.82, 2.24) is 16.0 Å². The summed E-state index contributed by atoms with van der Waals surface area (Å²) in [5, 5.41) is 17.1. The second-order valence-corrected chi connectivity index (χ2v) is 14.9. The molecule has 6 rings (SSSR count). The molecule has 2 aliphatic rings. The number of fused-ring (bicyclic) bond motifs is 6. The Morgan fingerprint density at radius 3 is 1.93 bits per heavy atom. The van der Waals surface area contributed by atoms with Gasteiger partial charge in [-0.05, 0) is 48.7 Å². The number of carbonyl (C=O) groups is 5. The summed E-state index contributed by atoms with van der Waals surface area (Å²) in [6.45, 7) is 2.02. The number of ether oxygens (including phenoxy) is 2. The lowest BCUT2D eigenvalue weighted by molar-refractivity contribution is -0.142. The minimum atomic E-state index is -1.15. The van der Waals surface area contributed by atoms with Crippen LogP contribution in [-0.2, 0) is 35.9 Å². The first-order chi connectivity index (χ1) is 27.7. The van der Waals surface area contributed by atoms with E-state index in [-0.39, 0.29) is 36.4 Å². The molecule has 4 aromatic carbocycles. The number of nitrogens with zero attached hydrogens (tertiary/aromatic N) is 2. The first-order valence-corrected chi connectivity index (χ1v) is 19.7. The fraction of sp³-hybridized carbons (Fsp3) is 0.341. The van der Waals surface area contributed by atoms with Gasteiger partial charge in [-0.1, -0.05) is 55.0 Å². The predicted octanol–water partition coefficient (Wildman–Crippen LogP) is 5.30. The van der Waals surface area contributed by atoms with Crippen LogP contribution >= 0.6 is 12.6 Å². The molecular formula is C44H51N5O8S. The van der Waals surface area contributed by atoms with Crippen LogP contribution in [0.5, 0.6) is 11.5 Å². The zero-order valence-electron chi connectivity index (χ0n) is 33.4. The molecule has 2 atom stereocenters. The van der Waals surface area contributed by atoms with Crippen molar-refractivity contribution in [2.75, 3.05) is 50.3 Å². The molecule has 306 valence electrons. The fourth-order valence-corrected chi connectivity index (χ4v) is 7.10. The molecule has 4 N–H and O–H groups in total. The van der Waals surface area contributed by atoms with Crippen LogP contribution < -0.4 is 30.5 Å². The SMILES string of the molecule is CC(=O)NCCCCCC(=O)N[C@@H](CS)C(=O)N[C@@H](Cc1ccccc1)C(=O)O.CN(C)c1ccc2c(c1)Oc1cc(N(C)C)ccc1C21OC(=O)c2ccccc21. The van der Waals surface area contributed by atoms with Crippen molar-refractivity contribution >= 4 is 53.7 Å². The maximum Gasteiger partial charge on any atom is 0.340 e. The second kappa shape index (κ2) is 19.4. The Balaban J connectivity index is 0.000000221. The summed E-state index contributed by atoms with van der Waals surface area (Å²) < 4.78 is 12.5. The third kappa shape index (κ3) is 10.1. The highest BCUT2D eigenvalue weighted by Crippen LogP contribution is 2.56. The highest BCUT2D eigenvalue weighted by Gasteiger charge is 2.53. The number of anilines is 2. The summed E-state index contributed by atoms with van der Waals surface area (Å²) >= 11 is 4.10. The second-order valence-electron chi connectivity index (χ2n) is 14.6. The average molecular weight is 810 g/mol. The van der Waals surface area contributed by atoms with E-state index in [0.29, 0.717) is 30.0 Å². The van der Waals surface area contributed by atoms with E-state index < -0.39 is 29.6 Å². The zero-order valence-corrected chi connectivity index (χ0v) is 34.3. The molecule has 14 heteroatoms. The summed E-state index contributed by atoms with van der Waals surface area (Å²) in [5.74, 6) is -0.975. The van der Waals surface area contributed by atoms with Crippen LogP contribution in [0.1, 0.15) is 65.2 Å². The number of hydrogen-bond donors (Lipinski definition) is 5. The van der Waals surface area contributed by atoms with Crippen molar-refractivity contribution in [3.63, 3.8) is 0 Å². The lowest BCUT2D eigenvalue weighted by Crippen LogP contribution is -2.53. The molecule has 2 aliphatic heterocycles. The average Bonchev–Trinajstić information content (AvgIpc) is 3.49. The van der Waals surface area contributed by atoms with Gasteiger partial charge >= 0.3 is 11.9 Å². The maximum atomic E-state index is 12.8. The van der Waals surface area contributed by atoms with Crippen molar-refractivity contribution in [2.24, 2.45) is 0 Å². The van der Waals surface area contributed by atoms with Crippen LogP contribution in [0, 0.1) is 0 Å². The van der Waals surface area contributed by atoms with Gasteiger partial charge in [0, 0.05) is 100 Å². The standard InChI is InChI=1S/C24H22N2O3.C20H29N3O5S/c1-25(2)15-9-11-19-21(13-15)28-22-14-16(26(3)4)10-12-20(22)24(19)18-8-6-5-7-17(18)23(27)29-24;1-14(24)21-11-7-3-6-10-18(25)22-17(13-29)19(26)23-16(20(27)28)12-15-8-4-2-5-9-15/h5-14H,1-4H3;2,4-5,8-9,16-17,29H,3,6-7,10-13H2,1H3,(H,21,24)(H,22,25)(H,23,26)(H,27,28)/t;16-,17-/m.0/s1. The van der Waals surface area contributed by atoms with Gasteiger partial charge in [0.15, 0.2) is 5.60 Å². The van der Waals surface area contributed by atoms with Crippen LogP contribution in [0.25, 0.3) is 0 Å². The molecule has 0 radical (unpaired) electrons. The van der Waals surface area contributed by atoms with Gasteiger partial charge in [-0.2, -0.15) is 12.6 Å². The van der Waals surface area contributed by atoms with Gasteiger partial charge < -0.3 is 40.3 Å². The third-order valence-corrected chi connectivity index (χ3v) is 10.3. The summed E-state index contributed by atoms with van der Waals surface area (Å²) in [6.07, 6.45) is 2.54. The molecule has 1 spiro atoms. The van der Waals surface area contributed by atoms with Gasteiger partial charge in [0.25, 0.3) is 0 Å². The normalized spacial score (nSPS) is 13.8. The molecule has 13 nitrogen and oxygen atoms in total. The molecule has 4 aromatic rings. The Bertz CT molecular complexity index is 2070. The number of nitrogens with one attached hydrogen (secondary N) is 3. The van der Waals surface area contributed by atoms with E-state index in [1.807, 2.05) is 105 Å². The number of carboxylic acid groups (broad SMARTS) is 1. The van der Waals surface area contributed by atoms with E-state index in [2.05, 4.69) is 28.6 Å². The topological polar surface area (TPSA) is 167 Å². The zero-order chi connectivity index (χ0) is 42.0. The molecule has 0 bridgehead atoms. The Hall–Kier alpha value is -6.02. The van der Waals surface area contributed by atoms with E-state index >= 15 is 0 Å². The third-order valence-electron chi connectivity index (χ3n) is 9.90. The number of esters is 1. The molecule has 0 saturated carbocycles. The number of amides is 3. The summed E-state index contributed by atoms with van der Waals surface area (Å²) in [5.41, 5.74) is 4.94. The molecule has 58 heavy (non-hydrogen) atoms. The molecule has 0 fully saturated rings. The minimum Gasteiger partial charge on any atom is -0.480 e. The fourth-order valence-electron chi connectivity index (χ4n) is 6.84. The molecule has 3 amide bonds. The maximum absolute atomic E-state index is 12.8. The molecule has 0 aromatic heterocycles. The predicted molar refractivity (Wildman–Crippen MR) is 226 cm³/mol. The van der Waals surface area contributed by atoms with Crippen molar-refractivity contribution in [1.29, 1.82) is 0 Å². The number of hydrogen-bond acceptors (Lipinski definition) is 10. The van der Waals surface area contributed by atoms with E-state index in [9.17, 15) is 29.1 Å². The number of unbranched alkanes of at least 4 members (excludes halogenated alkanes) is 2. The van der Waals surface area contributed by atoms with E-state index in [0.717, 1.165) is 46.5 Å². The Labute approximate surface area is 344 Å². The van der Waals surface area contributed by atoms with Gasteiger partial charge in [0.2, 0.25) is 17.7 Å². The van der Waals surface area contributed by atoms with E-state index in [1.165, 1.54) is 6.92 Å². The number of carboxylic acids is 1. The Morgan fingerprint density at radius 2 is 1.36 bits per heavy atom. The van der Waals surface area contributed by atoms with Crippen molar-refractivity contribution in [2.45, 2.75) is 56.7 Å². The summed E-state index contributed by atoms with van der Waals surface area (Å²) in [4.78, 5) is 63.6. The number of thiol groups is 1. The highest BCUT2D eigenvalue weighted by atomic mass is 32.1. The van der Waals surface area contributed by atoms with Gasteiger partial charge in [-0.3, -0.25) is 14.4 Å². The number of carbonyl (C=O) groups excluding carboxylic acids is 4. The molecule has 2 heterocycles. The Kier molecular flexibility index (Phi) is 14.4. The first kappa shape index (κ1) is 43.1. The van der Waals surface area contributed by atoms with Gasteiger partial charge in [-0.15, -0.1) is 0 Å². The smallest absolute Gasteiger partial charge is 0.340 e. The quantitative estimate of drug-likeness (QED) is 0.0605. The van der Waals surface area contributed by atoms with Gasteiger partial charge in [-0.25, -0.2) is 9.59 Å². The van der Waals surface area contributed by atoms with Crippen molar-refractivity contribution in [3.8, 4) is 11.5 Å². The lowest BCUT2D eigenvalue weighted by Gasteiger charge is -2.37. The van der Waals surface area contributed by atoms with E-state index in [4.69, 9.17) is 9.47 Å². The highest BCUT2D eigenvalue weighted by molar-refractivity contribution is 7.80. The largest absolute Gasteiger partial charge is 0.480 e. The summed E-state index contributed by atoms with van der Waals surface area (Å²) in [6, 6.07) is 26.6. The molecule has 0 saturated heterocycles.